The van der Waals surface area contributed by atoms with Crippen molar-refractivity contribution >= 4 is 5.97 Å². The number of hydrogen-bond donors (Lipinski definition) is 1. The molecule has 1 unspecified atom stereocenters. The van der Waals surface area contributed by atoms with Gasteiger partial charge in [0.1, 0.15) is 6.61 Å². The Kier molecular flexibility index (Phi) is 5.92. The molecule has 0 aromatic heterocycles. The predicted molar refractivity (Wildman–Crippen MR) is 66.8 cm³/mol. The fourth-order valence-electron chi connectivity index (χ4n) is 2.03. The van der Waals surface area contributed by atoms with Crippen molar-refractivity contribution in [2.45, 2.75) is 33.6 Å². The van der Waals surface area contributed by atoms with Gasteiger partial charge in [-0.25, -0.2) is 0 Å². The molecule has 0 aliphatic carbocycles. The number of nitrogens with one attached hydrogen (secondary N) is 1. The molecule has 0 saturated carbocycles. The summed E-state index contributed by atoms with van der Waals surface area (Å²) in [6.07, 6.45) is 1.72. The molecule has 1 atom stereocenters. The molecule has 1 heterocycles. The van der Waals surface area contributed by atoms with Crippen LogP contribution in [0.4, 0.5) is 0 Å². The van der Waals surface area contributed by atoms with Gasteiger partial charge in [0, 0.05) is 13.2 Å². The van der Waals surface area contributed by atoms with Crippen LogP contribution < -0.4 is 5.32 Å². The molecule has 1 rings (SSSR count). The van der Waals surface area contributed by atoms with E-state index in [0.717, 1.165) is 32.5 Å². The van der Waals surface area contributed by atoms with Gasteiger partial charge < -0.3 is 14.8 Å². The first-order valence-electron chi connectivity index (χ1n) is 6.56. The predicted octanol–water partition coefficient (Wildman–Crippen LogP) is 1.59. The maximum Gasteiger partial charge on any atom is 0.313 e. The average molecular weight is 243 g/mol. The molecular formula is C13H25NO3. The van der Waals surface area contributed by atoms with E-state index in [0.29, 0.717) is 19.1 Å². The van der Waals surface area contributed by atoms with Gasteiger partial charge in [-0.1, -0.05) is 20.8 Å². The first-order valence-corrected chi connectivity index (χ1v) is 6.56. The van der Waals surface area contributed by atoms with Gasteiger partial charge in [0.15, 0.2) is 0 Å². The third kappa shape index (κ3) is 4.28. The molecule has 1 aliphatic heterocycles. The summed E-state index contributed by atoms with van der Waals surface area (Å²) < 4.78 is 10.7. The summed E-state index contributed by atoms with van der Waals surface area (Å²) >= 11 is 0. The molecule has 0 spiro atoms. The minimum Gasteiger partial charge on any atom is -0.463 e. The van der Waals surface area contributed by atoms with Gasteiger partial charge >= 0.3 is 5.97 Å². The molecule has 1 saturated heterocycles. The maximum absolute atomic E-state index is 12.0. The van der Waals surface area contributed by atoms with Crippen molar-refractivity contribution in [1.29, 1.82) is 0 Å². The van der Waals surface area contributed by atoms with Crippen LogP contribution in [0.3, 0.4) is 0 Å². The lowest BCUT2D eigenvalue weighted by atomic mass is 9.84. The van der Waals surface area contributed by atoms with Crippen LogP contribution in [-0.2, 0) is 14.3 Å². The summed E-state index contributed by atoms with van der Waals surface area (Å²) in [5.41, 5.74) is -0.294. The Labute approximate surface area is 104 Å². The van der Waals surface area contributed by atoms with Crippen molar-refractivity contribution in [3.05, 3.63) is 0 Å². The normalized spacial score (nSPS) is 24.2. The van der Waals surface area contributed by atoms with Crippen molar-refractivity contribution in [1.82, 2.24) is 5.32 Å². The molecule has 0 radical (unpaired) electrons. The lowest BCUT2D eigenvalue weighted by Gasteiger charge is -2.24. The van der Waals surface area contributed by atoms with E-state index in [-0.39, 0.29) is 11.4 Å². The van der Waals surface area contributed by atoms with Crippen LogP contribution in [0.5, 0.6) is 0 Å². The highest BCUT2D eigenvalue weighted by Gasteiger charge is 2.40. The quantitative estimate of drug-likeness (QED) is 0.545. The van der Waals surface area contributed by atoms with Gasteiger partial charge in [-0.2, -0.15) is 0 Å². The van der Waals surface area contributed by atoms with Crippen LogP contribution >= 0.6 is 0 Å². The number of hydrogen-bond acceptors (Lipinski definition) is 4. The average Bonchev–Trinajstić information content (AvgIpc) is 2.77. The molecule has 4 nitrogen and oxygen atoms in total. The van der Waals surface area contributed by atoms with Crippen molar-refractivity contribution in [3.63, 3.8) is 0 Å². The van der Waals surface area contributed by atoms with E-state index in [1.807, 2.05) is 6.92 Å². The van der Waals surface area contributed by atoms with E-state index < -0.39 is 0 Å². The summed E-state index contributed by atoms with van der Waals surface area (Å²) in [5, 5.41) is 3.23. The Morgan fingerprint density at radius 3 is 2.71 bits per heavy atom. The second-order valence-corrected chi connectivity index (χ2v) is 5.17. The highest BCUT2D eigenvalue weighted by Crippen LogP contribution is 2.30. The number of esters is 1. The first kappa shape index (κ1) is 14.5. The van der Waals surface area contributed by atoms with Crippen LogP contribution in [0.1, 0.15) is 33.6 Å². The molecule has 4 heteroatoms. The SMILES string of the molecule is CCC1(C(=O)OCCOCC(C)C)CCNC1. The Morgan fingerprint density at radius 2 is 2.18 bits per heavy atom. The van der Waals surface area contributed by atoms with Crippen LogP contribution in [0.15, 0.2) is 0 Å². The highest BCUT2D eigenvalue weighted by molar-refractivity contribution is 5.77. The second-order valence-electron chi connectivity index (χ2n) is 5.17. The topological polar surface area (TPSA) is 47.6 Å². The van der Waals surface area contributed by atoms with E-state index in [2.05, 4.69) is 19.2 Å². The number of ether oxygens (including phenoxy) is 2. The molecule has 0 aromatic carbocycles. The standard InChI is InChI=1S/C13H25NO3/c1-4-13(5-6-14-10-13)12(15)17-8-7-16-9-11(2)3/h11,14H,4-10H2,1-3H3. The van der Waals surface area contributed by atoms with E-state index in [1.165, 1.54) is 0 Å². The Balaban J connectivity index is 2.20. The zero-order valence-corrected chi connectivity index (χ0v) is 11.3. The Morgan fingerprint density at radius 1 is 1.41 bits per heavy atom. The minimum atomic E-state index is -0.294. The second kappa shape index (κ2) is 6.97. The lowest BCUT2D eigenvalue weighted by Crippen LogP contribution is -2.35. The summed E-state index contributed by atoms with van der Waals surface area (Å²) in [6.45, 7) is 9.48. The van der Waals surface area contributed by atoms with E-state index in [1.54, 1.807) is 0 Å². The zero-order valence-electron chi connectivity index (χ0n) is 11.3. The number of carbonyl (C=O) groups excluding carboxylic acids is 1. The van der Waals surface area contributed by atoms with Crippen LogP contribution in [-0.4, -0.2) is 38.9 Å². The third-order valence-electron chi connectivity index (χ3n) is 3.27. The van der Waals surface area contributed by atoms with Crippen molar-refractivity contribution in [2.24, 2.45) is 11.3 Å². The largest absolute Gasteiger partial charge is 0.463 e. The first-order chi connectivity index (χ1) is 8.10. The summed E-state index contributed by atoms with van der Waals surface area (Å²) in [5.74, 6) is 0.449. The van der Waals surface area contributed by atoms with Crippen LogP contribution in [0, 0.1) is 11.3 Å². The molecule has 0 aromatic rings. The maximum atomic E-state index is 12.0. The molecular weight excluding hydrogens is 218 g/mol. The van der Waals surface area contributed by atoms with E-state index in [4.69, 9.17) is 9.47 Å². The molecule has 1 N–H and O–H groups in total. The summed E-state index contributed by atoms with van der Waals surface area (Å²) in [6, 6.07) is 0. The van der Waals surface area contributed by atoms with Gasteiger partial charge in [-0.05, 0) is 25.3 Å². The molecule has 0 amide bonds. The third-order valence-corrected chi connectivity index (χ3v) is 3.27. The lowest BCUT2D eigenvalue weighted by molar-refractivity contribution is -0.156. The monoisotopic (exact) mass is 243 g/mol. The van der Waals surface area contributed by atoms with Gasteiger partial charge in [0.05, 0.1) is 12.0 Å². The molecule has 0 bridgehead atoms. The van der Waals surface area contributed by atoms with Crippen LogP contribution in [0.25, 0.3) is 0 Å². The van der Waals surface area contributed by atoms with Gasteiger partial charge in [-0.15, -0.1) is 0 Å². The molecule has 100 valence electrons. The Bertz CT molecular complexity index is 235. The van der Waals surface area contributed by atoms with Gasteiger partial charge in [-0.3, -0.25) is 4.79 Å². The fourth-order valence-corrected chi connectivity index (χ4v) is 2.03. The zero-order chi connectivity index (χ0) is 12.7. The van der Waals surface area contributed by atoms with Crippen LogP contribution in [0.2, 0.25) is 0 Å². The fraction of sp³-hybridized carbons (Fsp3) is 0.923. The summed E-state index contributed by atoms with van der Waals surface area (Å²) in [7, 11) is 0. The van der Waals surface area contributed by atoms with E-state index in [9.17, 15) is 4.79 Å². The highest BCUT2D eigenvalue weighted by atomic mass is 16.6. The molecule has 1 aliphatic rings. The van der Waals surface area contributed by atoms with Crippen molar-refractivity contribution < 1.29 is 14.3 Å². The number of carbonyl (C=O) groups is 1. The van der Waals surface area contributed by atoms with Crippen molar-refractivity contribution in [2.75, 3.05) is 32.9 Å². The van der Waals surface area contributed by atoms with Gasteiger partial charge in [0.25, 0.3) is 0 Å². The van der Waals surface area contributed by atoms with Gasteiger partial charge in [0.2, 0.25) is 0 Å². The molecule has 17 heavy (non-hydrogen) atoms. The Hall–Kier alpha value is -0.610. The van der Waals surface area contributed by atoms with Crippen molar-refractivity contribution in [3.8, 4) is 0 Å². The minimum absolute atomic E-state index is 0.0712. The summed E-state index contributed by atoms with van der Waals surface area (Å²) in [4.78, 5) is 12.0. The number of rotatable bonds is 7. The smallest absolute Gasteiger partial charge is 0.313 e. The van der Waals surface area contributed by atoms with E-state index >= 15 is 0 Å². The molecule has 1 fully saturated rings.